The quantitative estimate of drug-likeness (QED) is 0.890. The van der Waals surface area contributed by atoms with Crippen molar-refractivity contribution in [2.75, 3.05) is 5.32 Å². The van der Waals surface area contributed by atoms with E-state index in [2.05, 4.69) is 5.32 Å². The van der Waals surface area contributed by atoms with Gasteiger partial charge in [0.25, 0.3) is 0 Å². The Hall–Kier alpha value is -1.55. The first-order valence-corrected chi connectivity index (χ1v) is 7.18. The summed E-state index contributed by atoms with van der Waals surface area (Å²) in [6.45, 7) is 0. The molecule has 0 atom stereocenters. The number of carboxylic acids is 1. The lowest BCUT2D eigenvalue weighted by Gasteiger charge is -2.32. The van der Waals surface area contributed by atoms with Gasteiger partial charge in [-0.15, -0.1) is 0 Å². The molecule has 0 saturated heterocycles. The van der Waals surface area contributed by atoms with E-state index in [4.69, 9.17) is 11.6 Å². The third-order valence-electron chi connectivity index (χ3n) is 3.87. The van der Waals surface area contributed by atoms with Gasteiger partial charge in [-0.1, -0.05) is 36.9 Å². The molecule has 1 aliphatic rings. The molecule has 2 rings (SSSR count). The van der Waals surface area contributed by atoms with E-state index in [1.54, 1.807) is 24.3 Å². The first kappa shape index (κ1) is 14.9. The fourth-order valence-corrected chi connectivity index (χ4v) is 2.96. The topological polar surface area (TPSA) is 66.4 Å². The van der Waals surface area contributed by atoms with Crippen molar-refractivity contribution < 1.29 is 14.7 Å². The van der Waals surface area contributed by atoms with Crippen LogP contribution in [-0.2, 0) is 9.59 Å². The number of carbonyl (C=O) groups excluding carboxylic acids is 1. The Balaban J connectivity index is 2.03. The number of benzene rings is 1. The van der Waals surface area contributed by atoms with Crippen LogP contribution in [0.15, 0.2) is 24.3 Å². The number of aliphatic carboxylic acids is 1. The number of hydrogen-bond donors (Lipinski definition) is 2. The summed E-state index contributed by atoms with van der Waals surface area (Å²) in [4.78, 5) is 23.6. The van der Waals surface area contributed by atoms with Crippen LogP contribution in [0.3, 0.4) is 0 Å². The highest BCUT2D eigenvalue weighted by Crippen LogP contribution is 2.39. The number of carbonyl (C=O) groups is 2. The maximum Gasteiger partial charge on any atom is 0.310 e. The van der Waals surface area contributed by atoms with Gasteiger partial charge in [0.05, 0.1) is 5.41 Å². The van der Waals surface area contributed by atoms with E-state index >= 15 is 0 Å². The Bertz CT molecular complexity index is 510. The second kappa shape index (κ2) is 6.27. The summed E-state index contributed by atoms with van der Waals surface area (Å²) in [5.41, 5.74) is -0.306. The zero-order valence-electron chi connectivity index (χ0n) is 11.2. The minimum Gasteiger partial charge on any atom is -0.481 e. The van der Waals surface area contributed by atoms with Gasteiger partial charge in [-0.05, 0) is 31.0 Å². The van der Waals surface area contributed by atoms with Crippen LogP contribution in [0, 0.1) is 5.41 Å². The van der Waals surface area contributed by atoms with Gasteiger partial charge >= 0.3 is 5.97 Å². The van der Waals surface area contributed by atoms with Crippen LogP contribution in [0.5, 0.6) is 0 Å². The number of nitrogens with one attached hydrogen (secondary N) is 1. The van der Waals surface area contributed by atoms with Crippen molar-refractivity contribution >= 4 is 29.2 Å². The number of amides is 1. The van der Waals surface area contributed by atoms with E-state index in [0.717, 1.165) is 19.3 Å². The second-order valence-corrected chi connectivity index (χ2v) is 5.82. The van der Waals surface area contributed by atoms with E-state index in [1.165, 1.54) is 0 Å². The van der Waals surface area contributed by atoms with Crippen LogP contribution in [-0.4, -0.2) is 17.0 Å². The van der Waals surface area contributed by atoms with Crippen molar-refractivity contribution in [3.05, 3.63) is 29.3 Å². The summed E-state index contributed by atoms with van der Waals surface area (Å²) in [6, 6.07) is 6.84. The average molecular weight is 296 g/mol. The largest absolute Gasteiger partial charge is 0.481 e. The van der Waals surface area contributed by atoms with Gasteiger partial charge in [0.1, 0.15) is 0 Å². The fourth-order valence-electron chi connectivity index (χ4n) is 2.77. The number of anilines is 1. The molecule has 0 bridgehead atoms. The second-order valence-electron chi connectivity index (χ2n) is 5.38. The molecular weight excluding hydrogens is 278 g/mol. The highest BCUT2D eigenvalue weighted by atomic mass is 35.5. The molecule has 0 heterocycles. The van der Waals surface area contributed by atoms with Crippen molar-refractivity contribution in [2.24, 2.45) is 5.41 Å². The molecular formula is C15H18ClNO3. The average Bonchev–Trinajstić information content (AvgIpc) is 2.39. The summed E-state index contributed by atoms with van der Waals surface area (Å²) in [5, 5.41) is 12.7. The van der Waals surface area contributed by atoms with Gasteiger partial charge in [-0.3, -0.25) is 9.59 Å². The van der Waals surface area contributed by atoms with E-state index in [-0.39, 0.29) is 12.3 Å². The fraction of sp³-hybridized carbons (Fsp3) is 0.467. The lowest BCUT2D eigenvalue weighted by atomic mass is 9.71. The monoisotopic (exact) mass is 295 g/mol. The minimum absolute atomic E-state index is 0.0227. The summed E-state index contributed by atoms with van der Waals surface area (Å²) in [5.74, 6) is -1.13. The van der Waals surface area contributed by atoms with Gasteiger partial charge in [0, 0.05) is 17.1 Å². The summed E-state index contributed by atoms with van der Waals surface area (Å²) >= 11 is 5.85. The molecule has 0 aromatic heterocycles. The Labute approximate surface area is 123 Å². The van der Waals surface area contributed by atoms with Crippen LogP contribution >= 0.6 is 11.6 Å². The number of carboxylic acid groups (broad SMARTS) is 1. The molecule has 0 radical (unpaired) electrons. The van der Waals surface area contributed by atoms with E-state index in [9.17, 15) is 14.7 Å². The molecule has 20 heavy (non-hydrogen) atoms. The maximum atomic E-state index is 12.1. The van der Waals surface area contributed by atoms with E-state index < -0.39 is 11.4 Å². The zero-order chi connectivity index (χ0) is 14.6. The van der Waals surface area contributed by atoms with Crippen LogP contribution in [0.25, 0.3) is 0 Å². The predicted octanol–water partition coefficient (Wildman–Crippen LogP) is 3.70. The summed E-state index contributed by atoms with van der Waals surface area (Å²) < 4.78 is 0. The standard InChI is InChI=1S/C15H18ClNO3/c16-11-5-4-6-12(9-11)17-13(18)10-15(14(19)20)7-2-1-3-8-15/h4-6,9H,1-3,7-8,10H2,(H,17,18)(H,19,20). The predicted molar refractivity (Wildman–Crippen MR) is 77.9 cm³/mol. The molecule has 0 unspecified atom stereocenters. The van der Waals surface area contributed by atoms with Gasteiger partial charge in [-0.25, -0.2) is 0 Å². The molecule has 1 aromatic carbocycles. The highest BCUT2D eigenvalue weighted by Gasteiger charge is 2.41. The zero-order valence-corrected chi connectivity index (χ0v) is 11.9. The lowest BCUT2D eigenvalue weighted by molar-refractivity contribution is -0.153. The molecule has 0 spiro atoms. The number of hydrogen-bond acceptors (Lipinski definition) is 2. The molecule has 108 valence electrons. The summed E-state index contributed by atoms with van der Waals surface area (Å²) in [6.07, 6.45) is 3.96. The molecule has 4 nitrogen and oxygen atoms in total. The summed E-state index contributed by atoms with van der Waals surface area (Å²) in [7, 11) is 0. The van der Waals surface area contributed by atoms with Crippen LogP contribution in [0.1, 0.15) is 38.5 Å². The van der Waals surface area contributed by atoms with Crippen LogP contribution in [0.4, 0.5) is 5.69 Å². The van der Waals surface area contributed by atoms with Crippen molar-refractivity contribution in [1.82, 2.24) is 0 Å². The van der Waals surface area contributed by atoms with Crippen molar-refractivity contribution in [1.29, 1.82) is 0 Å². The molecule has 1 aromatic rings. The third kappa shape index (κ3) is 3.51. The number of rotatable bonds is 4. The van der Waals surface area contributed by atoms with Crippen LogP contribution < -0.4 is 5.32 Å². The van der Waals surface area contributed by atoms with Crippen LogP contribution in [0.2, 0.25) is 5.02 Å². The van der Waals surface area contributed by atoms with Crippen molar-refractivity contribution in [3.63, 3.8) is 0 Å². The SMILES string of the molecule is O=C(CC1(C(=O)O)CCCCC1)Nc1cccc(Cl)c1. The van der Waals surface area contributed by atoms with E-state index in [0.29, 0.717) is 23.6 Å². The van der Waals surface area contributed by atoms with Gasteiger partial charge in [-0.2, -0.15) is 0 Å². The Morgan fingerprint density at radius 3 is 2.55 bits per heavy atom. The van der Waals surface area contributed by atoms with Crippen molar-refractivity contribution in [3.8, 4) is 0 Å². The van der Waals surface area contributed by atoms with E-state index in [1.807, 2.05) is 0 Å². The molecule has 2 N–H and O–H groups in total. The Kier molecular flexibility index (Phi) is 4.65. The molecule has 1 aliphatic carbocycles. The minimum atomic E-state index is -0.902. The van der Waals surface area contributed by atoms with Gasteiger partial charge in [0.2, 0.25) is 5.91 Å². The lowest BCUT2D eigenvalue weighted by Crippen LogP contribution is -2.37. The highest BCUT2D eigenvalue weighted by molar-refractivity contribution is 6.30. The Morgan fingerprint density at radius 1 is 1.25 bits per heavy atom. The normalized spacial score (nSPS) is 17.4. The first-order valence-electron chi connectivity index (χ1n) is 6.81. The molecule has 1 amide bonds. The molecule has 0 aliphatic heterocycles. The first-order chi connectivity index (χ1) is 9.52. The molecule has 5 heteroatoms. The maximum absolute atomic E-state index is 12.1. The number of halogens is 1. The Morgan fingerprint density at radius 2 is 1.95 bits per heavy atom. The third-order valence-corrected chi connectivity index (χ3v) is 4.11. The van der Waals surface area contributed by atoms with Gasteiger partial charge in [0.15, 0.2) is 0 Å². The smallest absolute Gasteiger partial charge is 0.310 e. The molecule has 1 saturated carbocycles. The molecule has 1 fully saturated rings. The van der Waals surface area contributed by atoms with Crippen molar-refractivity contribution in [2.45, 2.75) is 38.5 Å². The van der Waals surface area contributed by atoms with Gasteiger partial charge < -0.3 is 10.4 Å².